The zero-order chi connectivity index (χ0) is 9.71. The third-order valence-electron chi connectivity index (χ3n) is 3.17. The highest BCUT2D eigenvalue weighted by Crippen LogP contribution is 2.40. The van der Waals surface area contributed by atoms with E-state index in [4.69, 9.17) is 0 Å². The van der Waals surface area contributed by atoms with Crippen molar-refractivity contribution in [1.29, 1.82) is 0 Å². The summed E-state index contributed by atoms with van der Waals surface area (Å²) < 4.78 is 2.17. The van der Waals surface area contributed by atoms with Crippen LogP contribution in [0.25, 0.3) is 5.65 Å². The first kappa shape index (κ1) is 8.04. The average Bonchev–Trinajstić information content (AvgIpc) is 2.96. The lowest BCUT2D eigenvalue weighted by molar-refractivity contribution is 1.06. The van der Waals surface area contributed by atoms with Gasteiger partial charge in [-0.15, -0.1) is 0 Å². The molecule has 1 aliphatic rings. The maximum atomic E-state index is 4.55. The van der Waals surface area contributed by atoms with Crippen LogP contribution in [0.5, 0.6) is 0 Å². The van der Waals surface area contributed by atoms with Crippen molar-refractivity contribution < 1.29 is 0 Å². The number of aromatic nitrogens is 2. The van der Waals surface area contributed by atoms with Gasteiger partial charge in [0.1, 0.15) is 5.65 Å². The minimum absolute atomic E-state index is 0.817. The van der Waals surface area contributed by atoms with E-state index in [9.17, 15) is 0 Å². The van der Waals surface area contributed by atoms with Gasteiger partial charge in [-0.3, -0.25) is 0 Å². The predicted molar refractivity (Wildman–Crippen MR) is 56.6 cm³/mol. The van der Waals surface area contributed by atoms with E-state index in [1.807, 2.05) is 0 Å². The lowest BCUT2D eigenvalue weighted by atomic mass is 10.2. The largest absolute Gasteiger partial charge is 0.304 e. The van der Waals surface area contributed by atoms with Gasteiger partial charge in [0.05, 0.1) is 5.69 Å². The number of fused-ring (bicyclic) bond motifs is 1. The predicted octanol–water partition coefficient (Wildman–Crippen LogP) is 2.83. The number of aryl methyl sites for hydroxylation is 2. The van der Waals surface area contributed by atoms with Gasteiger partial charge in [-0.1, -0.05) is 0 Å². The zero-order valence-corrected chi connectivity index (χ0v) is 8.62. The number of hydrogen-bond acceptors (Lipinski definition) is 1. The summed E-state index contributed by atoms with van der Waals surface area (Å²) in [5.74, 6) is 0.817. The van der Waals surface area contributed by atoms with E-state index in [0.29, 0.717) is 0 Å². The molecule has 14 heavy (non-hydrogen) atoms. The van der Waals surface area contributed by atoms with Crippen LogP contribution in [-0.4, -0.2) is 9.38 Å². The van der Waals surface area contributed by atoms with Crippen molar-refractivity contribution in [1.82, 2.24) is 9.38 Å². The summed E-state index contributed by atoms with van der Waals surface area (Å²) in [6, 6.07) is 4.47. The third kappa shape index (κ3) is 1.07. The third-order valence-corrected chi connectivity index (χ3v) is 3.17. The SMILES string of the molecule is Cc1nc2cc(C3CC3)ccn2c1C. The van der Waals surface area contributed by atoms with Crippen LogP contribution in [0.2, 0.25) is 0 Å². The maximum Gasteiger partial charge on any atom is 0.137 e. The van der Waals surface area contributed by atoms with Crippen molar-refractivity contribution in [3.05, 3.63) is 35.3 Å². The quantitative estimate of drug-likeness (QED) is 0.669. The summed E-state index contributed by atoms with van der Waals surface area (Å²) in [4.78, 5) is 4.55. The van der Waals surface area contributed by atoms with Crippen molar-refractivity contribution in [2.24, 2.45) is 0 Å². The molecule has 0 aromatic carbocycles. The lowest BCUT2D eigenvalue weighted by Crippen LogP contribution is -1.89. The Kier molecular flexibility index (Phi) is 1.49. The fourth-order valence-corrected chi connectivity index (χ4v) is 1.97. The second kappa shape index (κ2) is 2.59. The van der Waals surface area contributed by atoms with Crippen molar-refractivity contribution in [2.45, 2.75) is 32.6 Å². The van der Waals surface area contributed by atoms with Crippen molar-refractivity contribution in [3.63, 3.8) is 0 Å². The first-order valence-electron chi connectivity index (χ1n) is 5.21. The van der Waals surface area contributed by atoms with E-state index in [-0.39, 0.29) is 0 Å². The summed E-state index contributed by atoms with van der Waals surface area (Å²) in [6.45, 7) is 4.19. The molecule has 3 rings (SSSR count). The Bertz CT molecular complexity index is 492. The molecule has 0 atom stereocenters. The van der Waals surface area contributed by atoms with Crippen LogP contribution >= 0.6 is 0 Å². The van der Waals surface area contributed by atoms with Gasteiger partial charge in [0.15, 0.2) is 0 Å². The highest BCUT2D eigenvalue weighted by atomic mass is 15.0. The molecule has 0 N–H and O–H groups in total. The molecule has 1 aliphatic carbocycles. The van der Waals surface area contributed by atoms with E-state index < -0.39 is 0 Å². The summed E-state index contributed by atoms with van der Waals surface area (Å²) in [7, 11) is 0. The van der Waals surface area contributed by atoms with Crippen LogP contribution < -0.4 is 0 Å². The van der Waals surface area contributed by atoms with Gasteiger partial charge in [-0.2, -0.15) is 0 Å². The zero-order valence-electron chi connectivity index (χ0n) is 8.62. The van der Waals surface area contributed by atoms with Gasteiger partial charge in [-0.25, -0.2) is 4.98 Å². The number of hydrogen-bond donors (Lipinski definition) is 0. The van der Waals surface area contributed by atoms with E-state index in [1.165, 1.54) is 24.1 Å². The van der Waals surface area contributed by atoms with Crippen LogP contribution in [-0.2, 0) is 0 Å². The van der Waals surface area contributed by atoms with E-state index in [0.717, 1.165) is 17.3 Å². The van der Waals surface area contributed by atoms with Crippen LogP contribution in [0.3, 0.4) is 0 Å². The molecule has 0 unspecified atom stereocenters. The Morgan fingerprint density at radius 3 is 2.86 bits per heavy atom. The van der Waals surface area contributed by atoms with Crippen LogP contribution in [0.15, 0.2) is 18.3 Å². The second-order valence-electron chi connectivity index (χ2n) is 4.25. The van der Waals surface area contributed by atoms with Gasteiger partial charge >= 0.3 is 0 Å². The molecule has 72 valence electrons. The van der Waals surface area contributed by atoms with Crippen LogP contribution in [0, 0.1) is 13.8 Å². The molecule has 0 aliphatic heterocycles. The maximum absolute atomic E-state index is 4.55. The Morgan fingerprint density at radius 2 is 2.14 bits per heavy atom. The fraction of sp³-hybridized carbons (Fsp3) is 0.417. The number of rotatable bonds is 1. The molecule has 2 heterocycles. The van der Waals surface area contributed by atoms with Crippen molar-refractivity contribution in [3.8, 4) is 0 Å². The van der Waals surface area contributed by atoms with Gasteiger partial charge in [0.2, 0.25) is 0 Å². The number of imidazole rings is 1. The molecular weight excluding hydrogens is 172 g/mol. The van der Waals surface area contributed by atoms with E-state index >= 15 is 0 Å². The Morgan fingerprint density at radius 1 is 1.36 bits per heavy atom. The van der Waals surface area contributed by atoms with Crippen molar-refractivity contribution >= 4 is 5.65 Å². The lowest BCUT2D eigenvalue weighted by Gasteiger charge is -2.00. The smallest absolute Gasteiger partial charge is 0.137 e. The normalized spacial score (nSPS) is 16.4. The van der Waals surface area contributed by atoms with E-state index in [2.05, 4.69) is 41.6 Å². The summed E-state index contributed by atoms with van der Waals surface area (Å²) in [5, 5.41) is 0. The number of nitrogens with zero attached hydrogens (tertiary/aromatic N) is 2. The van der Waals surface area contributed by atoms with Gasteiger partial charge in [-0.05, 0) is 50.3 Å². The summed E-state index contributed by atoms with van der Waals surface area (Å²) in [6.07, 6.45) is 4.86. The first-order valence-corrected chi connectivity index (χ1v) is 5.21. The van der Waals surface area contributed by atoms with Crippen LogP contribution in [0.4, 0.5) is 0 Å². The molecule has 0 spiro atoms. The van der Waals surface area contributed by atoms with Gasteiger partial charge in [0, 0.05) is 11.9 Å². The average molecular weight is 186 g/mol. The van der Waals surface area contributed by atoms with Gasteiger partial charge < -0.3 is 4.40 Å². The minimum atomic E-state index is 0.817. The Labute approximate surface area is 83.6 Å². The molecule has 0 saturated heterocycles. The monoisotopic (exact) mass is 186 g/mol. The minimum Gasteiger partial charge on any atom is -0.304 e. The molecule has 2 aromatic rings. The summed E-state index contributed by atoms with van der Waals surface area (Å²) >= 11 is 0. The first-order chi connectivity index (χ1) is 6.75. The molecule has 0 bridgehead atoms. The van der Waals surface area contributed by atoms with Gasteiger partial charge in [0.25, 0.3) is 0 Å². The standard InChI is InChI=1S/C12H14N2/c1-8-9(2)14-6-5-11(10-3-4-10)7-12(14)13-8/h5-7,10H,3-4H2,1-2H3. The van der Waals surface area contributed by atoms with E-state index in [1.54, 1.807) is 0 Å². The molecular formula is C12H14N2. The summed E-state index contributed by atoms with van der Waals surface area (Å²) in [5.41, 5.74) is 4.95. The molecule has 2 heteroatoms. The molecule has 2 nitrogen and oxygen atoms in total. The second-order valence-corrected chi connectivity index (χ2v) is 4.25. The fourth-order valence-electron chi connectivity index (χ4n) is 1.97. The number of pyridine rings is 1. The molecule has 2 aromatic heterocycles. The Hall–Kier alpha value is -1.31. The van der Waals surface area contributed by atoms with Crippen molar-refractivity contribution in [2.75, 3.05) is 0 Å². The molecule has 0 radical (unpaired) electrons. The molecule has 1 saturated carbocycles. The topological polar surface area (TPSA) is 17.3 Å². The Balaban J connectivity index is 2.23. The molecule has 0 amide bonds. The highest BCUT2D eigenvalue weighted by Gasteiger charge is 2.23. The van der Waals surface area contributed by atoms with Crippen LogP contribution in [0.1, 0.15) is 35.7 Å². The highest BCUT2D eigenvalue weighted by molar-refractivity contribution is 5.46. The molecule has 1 fully saturated rings.